The molecule has 0 saturated carbocycles. The number of hydrogen-bond acceptors (Lipinski definition) is 4. The highest BCUT2D eigenvalue weighted by molar-refractivity contribution is 5.76. The molecule has 0 aliphatic carbocycles. The Morgan fingerprint density at radius 2 is 2.00 bits per heavy atom. The maximum atomic E-state index is 11.4. The van der Waals surface area contributed by atoms with Gasteiger partial charge in [-0.3, -0.25) is 0 Å². The molecular weight excluding hydrogens is 236 g/mol. The SMILES string of the molecule is CN(CC(O)C(=O)OCc1ccccc1)C(N)=O. The van der Waals surface area contributed by atoms with Gasteiger partial charge in [-0.15, -0.1) is 0 Å². The number of carbonyl (C=O) groups excluding carboxylic acids is 2. The Bertz CT molecular complexity index is 408. The average Bonchev–Trinajstić information content (AvgIpc) is 2.36. The second-order valence-electron chi connectivity index (χ2n) is 3.83. The molecule has 0 bridgehead atoms. The number of hydrogen-bond donors (Lipinski definition) is 2. The van der Waals surface area contributed by atoms with Crippen molar-refractivity contribution in [2.75, 3.05) is 13.6 Å². The van der Waals surface area contributed by atoms with E-state index in [0.717, 1.165) is 10.5 Å². The van der Waals surface area contributed by atoms with Crippen molar-refractivity contribution in [2.24, 2.45) is 5.73 Å². The van der Waals surface area contributed by atoms with Gasteiger partial charge >= 0.3 is 12.0 Å². The summed E-state index contributed by atoms with van der Waals surface area (Å²) in [5.41, 5.74) is 5.79. The van der Waals surface area contributed by atoms with Crippen LogP contribution in [0.5, 0.6) is 0 Å². The highest BCUT2D eigenvalue weighted by atomic mass is 16.5. The van der Waals surface area contributed by atoms with Crippen LogP contribution in [-0.2, 0) is 16.1 Å². The summed E-state index contributed by atoms with van der Waals surface area (Å²) in [6.07, 6.45) is -1.40. The first-order valence-corrected chi connectivity index (χ1v) is 5.40. The number of ether oxygens (including phenoxy) is 1. The second kappa shape index (κ2) is 6.61. The van der Waals surface area contributed by atoms with Gasteiger partial charge in [0, 0.05) is 7.05 Å². The molecule has 1 unspecified atom stereocenters. The first-order chi connectivity index (χ1) is 8.50. The third-order valence-electron chi connectivity index (χ3n) is 2.32. The number of benzene rings is 1. The summed E-state index contributed by atoms with van der Waals surface area (Å²) in [6.45, 7) is -0.111. The molecule has 1 atom stereocenters. The van der Waals surface area contributed by atoms with Gasteiger partial charge in [0.05, 0.1) is 6.54 Å². The molecule has 0 radical (unpaired) electrons. The summed E-state index contributed by atoms with van der Waals surface area (Å²) >= 11 is 0. The molecule has 1 rings (SSSR count). The Kier molecular flexibility index (Phi) is 5.13. The van der Waals surface area contributed by atoms with Crippen LogP contribution < -0.4 is 5.73 Å². The van der Waals surface area contributed by atoms with Crippen LogP contribution >= 0.6 is 0 Å². The lowest BCUT2D eigenvalue weighted by Gasteiger charge is -2.17. The minimum absolute atomic E-state index is 0.0804. The van der Waals surface area contributed by atoms with E-state index in [9.17, 15) is 14.7 Å². The molecular formula is C12H16N2O4. The van der Waals surface area contributed by atoms with Gasteiger partial charge in [0.25, 0.3) is 0 Å². The molecule has 0 fully saturated rings. The van der Waals surface area contributed by atoms with Crippen molar-refractivity contribution >= 4 is 12.0 Å². The van der Waals surface area contributed by atoms with Crippen molar-refractivity contribution in [3.8, 4) is 0 Å². The van der Waals surface area contributed by atoms with E-state index in [1.807, 2.05) is 18.2 Å². The van der Waals surface area contributed by atoms with E-state index in [0.29, 0.717) is 0 Å². The van der Waals surface area contributed by atoms with Gasteiger partial charge in [-0.05, 0) is 5.56 Å². The molecule has 98 valence electrons. The van der Waals surface area contributed by atoms with Crippen molar-refractivity contribution in [1.82, 2.24) is 4.90 Å². The van der Waals surface area contributed by atoms with Crippen LogP contribution in [0.2, 0.25) is 0 Å². The van der Waals surface area contributed by atoms with Gasteiger partial charge in [0.1, 0.15) is 6.61 Å². The number of likely N-dealkylation sites (N-methyl/N-ethyl adjacent to an activating group) is 1. The summed E-state index contributed by atoms with van der Waals surface area (Å²) in [4.78, 5) is 23.2. The second-order valence-corrected chi connectivity index (χ2v) is 3.83. The number of amides is 2. The van der Waals surface area contributed by atoms with E-state index in [1.54, 1.807) is 12.1 Å². The van der Waals surface area contributed by atoms with Crippen LogP contribution in [-0.4, -0.2) is 41.7 Å². The number of nitrogens with two attached hydrogens (primary N) is 1. The van der Waals surface area contributed by atoms with Crippen LogP contribution in [0, 0.1) is 0 Å². The summed E-state index contributed by atoms with van der Waals surface area (Å²) in [7, 11) is 1.38. The van der Waals surface area contributed by atoms with E-state index >= 15 is 0 Å². The number of nitrogens with zero attached hydrogens (tertiary/aromatic N) is 1. The molecule has 0 spiro atoms. The minimum Gasteiger partial charge on any atom is -0.459 e. The largest absolute Gasteiger partial charge is 0.459 e. The van der Waals surface area contributed by atoms with Crippen LogP contribution in [0.3, 0.4) is 0 Å². The third-order valence-corrected chi connectivity index (χ3v) is 2.32. The fourth-order valence-electron chi connectivity index (χ4n) is 1.25. The molecule has 0 aliphatic heterocycles. The van der Waals surface area contributed by atoms with E-state index in [4.69, 9.17) is 10.5 Å². The first-order valence-electron chi connectivity index (χ1n) is 5.40. The van der Waals surface area contributed by atoms with Gasteiger partial charge < -0.3 is 20.5 Å². The zero-order valence-electron chi connectivity index (χ0n) is 10.1. The predicted octanol–water partition coefficient (Wildman–Crippen LogP) is 0.101. The molecule has 1 aromatic rings. The maximum Gasteiger partial charge on any atom is 0.337 e. The molecule has 18 heavy (non-hydrogen) atoms. The lowest BCUT2D eigenvalue weighted by Crippen LogP contribution is -2.41. The predicted molar refractivity (Wildman–Crippen MR) is 64.5 cm³/mol. The number of aliphatic hydroxyl groups excluding tert-OH is 1. The normalized spacial score (nSPS) is 11.7. The maximum absolute atomic E-state index is 11.4. The Labute approximate surface area is 105 Å². The van der Waals surface area contributed by atoms with E-state index < -0.39 is 18.1 Å². The fraction of sp³-hybridized carbons (Fsp3) is 0.333. The van der Waals surface area contributed by atoms with Crippen molar-refractivity contribution in [2.45, 2.75) is 12.7 Å². The Morgan fingerprint density at radius 1 is 1.39 bits per heavy atom. The van der Waals surface area contributed by atoms with Crippen molar-refractivity contribution in [3.05, 3.63) is 35.9 Å². The highest BCUT2D eigenvalue weighted by Gasteiger charge is 2.20. The van der Waals surface area contributed by atoms with Gasteiger partial charge in [-0.2, -0.15) is 0 Å². The van der Waals surface area contributed by atoms with Crippen molar-refractivity contribution in [1.29, 1.82) is 0 Å². The summed E-state index contributed by atoms with van der Waals surface area (Å²) in [6, 6.07) is 8.37. The molecule has 0 saturated heterocycles. The van der Waals surface area contributed by atoms with E-state index in [2.05, 4.69) is 0 Å². The molecule has 1 aromatic carbocycles. The smallest absolute Gasteiger partial charge is 0.337 e. The van der Waals surface area contributed by atoms with Gasteiger partial charge in [-0.1, -0.05) is 30.3 Å². The molecule has 2 amide bonds. The molecule has 6 nitrogen and oxygen atoms in total. The van der Waals surface area contributed by atoms with Crippen LogP contribution in [0.4, 0.5) is 4.79 Å². The Balaban J connectivity index is 2.39. The van der Waals surface area contributed by atoms with Gasteiger partial charge in [0.15, 0.2) is 6.10 Å². The number of rotatable bonds is 5. The molecule has 0 heterocycles. The zero-order valence-corrected chi connectivity index (χ0v) is 10.1. The quantitative estimate of drug-likeness (QED) is 0.727. The monoisotopic (exact) mass is 252 g/mol. The number of esters is 1. The number of carbonyl (C=O) groups is 2. The van der Waals surface area contributed by atoms with Crippen LogP contribution in [0.15, 0.2) is 30.3 Å². The topological polar surface area (TPSA) is 92.9 Å². The number of primary amides is 1. The highest BCUT2D eigenvalue weighted by Crippen LogP contribution is 2.02. The molecule has 6 heteroatoms. The van der Waals surface area contributed by atoms with Crippen molar-refractivity contribution in [3.63, 3.8) is 0 Å². The van der Waals surface area contributed by atoms with Crippen LogP contribution in [0.25, 0.3) is 0 Å². The fourth-order valence-corrected chi connectivity index (χ4v) is 1.25. The molecule has 0 aromatic heterocycles. The molecule has 0 aliphatic rings. The standard InChI is InChI=1S/C12H16N2O4/c1-14(12(13)17)7-10(15)11(16)18-8-9-5-3-2-4-6-9/h2-6,10,15H,7-8H2,1H3,(H2,13,17). The lowest BCUT2D eigenvalue weighted by molar-refractivity contribution is -0.155. The van der Waals surface area contributed by atoms with Gasteiger partial charge in [-0.25, -0.2) is 9.59 Å². The Morgan fingerprint density at radius 3 is 2.56 bits per heavy atom. The lowest BCUT2D eigenvalue weighted by atomic mass is 10.2. The van der Waals surface area contributed by atoms with E-state index in [1.165, 1.54) is 7.05 Å². The number of urea groups is 1. The zero-order chi connectivity index (χ0) is 13.5. The summed E-state index contributed by atoms with van der Waals surface area (Å²) in [5.74, 6) is -0.785. The first kappa shape index (κ1) is 14.0. The third kappa shape index (κ3) is 4.42. The van der Waals surface area contributed by atoms with Crippen LogP contribution in [0.1, 0.15) is 5.56 Å². The summed E-state index contributed by atoms with van der Waals surface area (Å²) < 4.78 is 4.90. The number of aliphatic hydroxyl groups is 1. The molecule has 3 N–H and O–H groups in total. The van der Waals surface area contributed by atoms with Gasteiger partial charge in [0.2, 0.25) is 0 Å². The van der Waals surface area contributed by atoms with Crippen molar-refractivity contribution < 1.29 is 19.4 Å². The summed E-state index contributed by atoms with van der Waals surface area (Å²) in [5, 5.41) is 9.49. The van der Waals surface area contributed by atoms with E-state index in [-0.39, 0.29) is 13.2 Å². The minimum atomic E-state index is -1.40. The average molecular weight is 252 g/mol. The Hall–Kier alpha value is -2.08.